The molecule has 0 saturated carbocycles. The van der Waals surface area contributed by atoms with E-state index >= 15 is 0 Å². The minimum atomic E-state index is 0.0670. The lowest BCUT2D eigenvalue weighted by atomic mass is 10.1. The standard InChI is InChI=1S/C13H11ClOS/c1-3-4-11(15)13-8(2)10-7-9(14)5-6-12(10)16-13/h3-7H,1-2H3. The molecule has 0 spiro atoms. The summed E-state index contributed by atoms with van der Waals surface area (Å²) >= 11 is 7.47. The molecule has 3 heteroatoms. The first-order chi connectivity index (χ1) is 7.63. The summed E-state index contributed by atoms with van der Waals surface area (Å²) in [4.78, 5) is 12.6. The van der Waals surface area contributed by atoms with Gasteiger partial charge >= 0.3 is 0 Å². The van der Waals surface area contributed by atoms with E-state index in [1.54, 1.807) is 12.2 Å². The summed E-state index contributed by atoms with van der Waals surface area (Å²) in [6.07, 6.45) is 3.36. The number of carbonyl (C=O) groups excluding carboxylic acids is 1. The quantitative estimate of drug-likeness (QED) is 0.561. The summed E-state index contributed by atoms with van der Waals surface area (Å²) in [6, 6.07) is 5.72. The molecule has 1 heterocycles. The number of halogens is 1. The van der Waals surface area contributed by atoms with Gasteiger partial charge in [-0.05, 0) is 49.1 Å². The maximum Gasteiger partial charge on any atom is 0.195 e. The molecule has 0 bridgehead atoms. The molecule has 1 nitrogen and oxygen atoms in total. The smallest absolute Gasteiger partial charge is 0.195 e. The van der Waals surface area contributed by atoms with Crippen LogP contribution in [-0.4, -0.2) is 5.78 Å². The fourth-order valence-electron chi connectivity index (χ4n) is 1.66. The van der Waals surface area contributed by atoms with Gasteiger partial charge in [-0.3, -0.25) is 4.79 Å². The maximum absolute atomic E-state index is 11.8. The highest BCUT2D eigenvalue weighted by atomic mass is 35.5. The molecule has 0 radical (unpaired) electrons. The third kappa shape index (κ3) is 1.91. The van der Waals surface area contributed by atoms with Crippen molar-refractivity contribution in [3.05, 3.63) is 45.8 Å². The molecule has 82 valence electrons. The summed E-state index contributed by atoms with van der Waals surface area (Å²) in [5.74, 6) is 0.0670. The van der Waals surface area contributed by atoms with E-state index < -0.39 is 0 Å². The van der Waals surface area contributed by atoms with Crippen LogP contribution in [0.2, 0.25) is 5.02 Å². The highest BCUT2D eigenvalue weighted by Crippen LogP contribution is 2.32. The first kappa shape index (κ1) is 11.4. The number of allylic oxidation sites excluding steroid dienone is 2. The zero-order valence-electron chi connectivity index (χ0n) is 9.08. The number of hydrogen-bond acceptors (Lipinski definition) is 2. The van der Waals surface area contributed by atoms with Crippen molar-refractivity contribution in [2.75, 3.05) is 0 Å². The summed E-state index contributed by atoms with van der Waals surface area (Å²) in [7, 11) is 0. The van der Waals surface area contributed by atoms with Gasteiger partial charge in [0.2, 0.25) is 0 Å². The number of thiophene rings is 1. The molecule has 2 rings (SSSR count). The number of ketones is 1. The Labute approximate surface area is 103 Å². The van der Waals surface area contributed by atoms with Crippen LogP contribution in [0.15, 0.2) is 30.4 Å². The Morgan fingerprint density at radius 1 is 1.44 bits per heavy atom. The number of rotatable bonds is 2. The van der Waals surface area contributed by atoms with E-state index in [0.29, 0.717) is 5.02 Å². The Bertz CT molecular complexity index is 581. The SMILES string of the molecule is CC=CC(=O)c1sc2ccc(Cl)cc2c1C. The predicted octanol–water partition coefficient (Wildman–Crippen LogP) is 4.62. The highest BCUT2D eigenvalue weighted by Gasteiger charge is 2.13. The molecule has 16 heavy (non-hydrogen) atoms. The molecule has 0 saturated heterocycles. The lowest BCUT2D eigenvalue weighted by molar-refractivity contribution is 0.105. The van der Waals surface area contributed by atoms with Gasteiger partial charge in [0.1, 0.15) is 0 Å². The Morgan fingerprint density at radius 3 is 2.88 bits per heavy atom. The van der Waals surface area contributed by atoms with Crippen LogP contribution in [0.5, 0.6) is 0 Å². The van der Waals surface area contributed by atoms with E-state index in [2.05, 4.69) is 0 Å². The van der Waals surface area contributed by atoms with Gasteiger partial charge in [0.25, 0.3) is 0 Å². The van der Waals surface area contributed by atoms with Crippen LogP contribution < -0.4 is 0 Å². The maximum atomic E-state index is 11.8. The predicted molar refractivity (Wildman–Crippen MR) is 70.7 cm³/mol. The van der Waals surface area contributed by atoms with Crippen molar-refractivity contribution in [2.24, 2.45) is 0 Å². The fourth-order valence-corrected chi connectivity index (χ4v) is 2.94. The summed E-state index contributed by atoms with van der Waals surface area (Å²) in [5, 5.41) is 1.78. The van der Waals surface area contributed by atoms with E-state index in [-0.39, 0.29) is 5.78 Å². The second-order valence-electron chi connectivity index (χ2n) is 3.56. The molecule has 0 fully saturated rings. The Kier molecular flexibility index (Phi) is 3.13. The third-order valence-corrected chi connectivity index (χ3v) is 3.96. The van der Waals surface area contributed by atoms with Gasteiger partial charge in [0.05, 0.1) is 4.88 Å². The van der Waals surface area contributed by atoms with Crippen LogP contribution >= 0.6 is 22.9 Å². The van der Waals surface area contributed by atoms with Gasteiger partial charge in [-0.2, -0.15) is 0 Å². The van der Waals surface area contributed by atoms with Crippen molar-refractivity contribution in [2.45, 2.75) is 13.8 Å². The molecule has 1 aromatic carbocycles. The number of aryl methyl sites for hydroxylation is 1. The monoisotopic (exact) mass is 250 g/mol. The van der Waals surface area contributed by atoms with Gasteiger partial charge in [0.15, 0.2) is 5.78 Å². The molecule has 0 amide bonds. The van der Waals surface area contributed by atoms with Gasteiger partial charge < -0.3 is 0 Å². The van der Waals surface area contributed by atoms with Crippen molar-refractivity contribution in [1.29, 1.82) is 0 Å². The van der Waals surface area contributed by atoms with Crippen LogP contribution in [0, 0.1) is 6.92 Å². The highest BCUT2D eigenvalue weighted by molar-refractivity contribution is 7.21. The molecule has 0 aliphatic carbocycles. The van der Waals surface area contributed by atoms with Gasteiger partial charge in [-0.1, -0.05) is 17.7 Å². The average molecular weight is 251 g/mol. The lowest BCUT2D eigenvalue weighted by Crippen LogP contribution is -1.91. The first-order valence-electron chi connectivity index (χ1n) is 4.99. The minimum absolute atomic E-state index is 0.0670. The van der Waals surface area contributed by atoms with Crippen molar-refractivity contribution >= 4 is 38.8 Å². The molecule has 0 aliphatic heterocycles. The van der Waals surface area contributed by atoms with Gasteiger partial charge in [0, 0.05) is 9.72 Å². The molecule has 2 aromatic rings. The third-order valence-electron chi connectivity index (χ3n) is 2.44. The molecule has 1 aromatic heterocycles. The zero-order chi connectivity index (χ0) is 11.7. The van der Waals surface area contributed by atoms with Crippen LogP contribution in [0.4, 0.5) is 0 Å². The van der Waals surface area contributed by atoms with Gasteiger partial charge in [-0.25, -0.2) is 0 Å². The Balaban J connectivity index is 2.65. The molecule has 0 atom stereocenters. The second-order valence-corrected chi connectivity index (χ2v) is 5.05. The zero-order valence-corrected chi connectivity index (χ0v) is 10.7. The lowest BCUT2D eigenvalue weighted by Gasteiger charge is -1.93. The normalized spacial score (nSPS) is 11.4. The largest absolute Gasteiger partial charge is 0.288 e. The molecule has 0 unspecified atom stereocenters. The van der Waals surface area contributed by atoms with Crippen LogP contribution in [-0.2, 0) is 0 Å². The Morgan fingerprint density at radius 2 is 2.19 bits per heavy atom. The average Bonchev–Trinajstić information content (AvgIpc) is 2.57. The van der Waals surface area contributed by atoms with Crippen LogP contribution in [0.3, 0.4) is 0 Å². The number of hydrogen-bond donors (Lipinski definition) is 0. The van der Waals surface area contributed by atoms with Crippen molar-refractivity contribution in [3.8, 4) is 0 Å². The van der Waals surface area contributed by atoms with Crippen molar-refractivity contribution in [3.63, 3.8) is 0 Å². The first-order valence-corrected chi connectivity index (χ1v) is 6.18. The van der Waals surface area contributed by atoms with E-state index in [1.807, 2.05) is 32.0 Å². The summed E-state index contributed by atoms with van der Waals surface area (Å²) in [6.45, 7) is 3.81. The summed E-state index contributed by atoms with van der Waals surface area (Å²) < 4.78 is 1.11. The van der Waals surface area contributed by atoms with Crippen molar-refractivity contribution in [1.82, 2.24) is 0 Å². The van der Waals surface area contributed by atoms with Crippen molar-refractivity contribution < 1.29 is 4.79 Å². The second kappa shape index (κ2) is 4.40. The topological polar surface area (TPSA) is 17.1 Å². The fraction of sp³-hybridized carbons (Fsp3) is 0.154. The molecule has 0 aliphatic rings. The number of benzene rings is 1. The number of fused-ring (bicyclic) bond motifs is 1. The van der Waals surface area contributed by atoms with E-state index in [9.17, 15) is 4.79 Å². The van der Waals surface area contributed by atoms with E-state index in [1.165, 1.54) is 11.3 Å². The number of carbonyl (C=O) groups is 1. The summed E-state index contributed by atoms with van der Waals surface area (Å²) in [5.41, 5.74) is 1.02. The molecule has 0 N–H and O–H groups in total. The van der Waals surface area contributed by atoms with E-state index in [4.69, 9.17) is 11.6 Å². The Hall–Kier alpha value is -1.12. The molecular weight excluding hydrogens is 240 g/mol. The van der Waals surface area contributed by atoms with Crippen LogP contribution in [0.1, 0.15) is 22.2 Å². The minimum Gasteiger partial charge on any atom is -0.288 e. The van der Waals surface area contributed by atoms with Gasteiger partial charge in [-0.15, -0.1) is 11.3 Å². The van der Waals surface area contributed by atoms with E-state index in [0.717, 1.165) is 20.5 Å². The molecular formula is C13H11ClOS. The van der Waals surface area contributed by atoms with Crippen LogP contribution in [0.25, 0.3) is 10.1 Å².